The summed E-state index contributed by atoms with van der Waals surface area (Å²) in [5, 5.41) is 0. The van der Waals surface area contributed by atoms with Crippen molar-refractivity contribution >= 4 is 5.97 Å². The third kappa shape index (κ3) is 19.9. The number of ether oxygens (including phenoxy) is 1. The molecule has 2 heteroatoms. The van der Waals surface area contributed by atoms with Crippen LogP contribution >= 0.6 is 0 Å². The van der Waals surface area contributed by atoms with Gasteiger partial charge in [0.1, 0.15) is 0 Å². The molecule has 0 radical (unpaired) electrons. The second kappa shape index (κ2) is 16.1. The molecule has 0 aliphatic carbocycles. The molecule has 0 unspecified atom stereocenters. The number of carbonyl (C=O) groups excluding carboxylic acids is 1. The Hall–Kier alpha value is -2.35. The predicted octanol–water partition coefficient (Wildman–Crippen LogP) is 3.90. The van der Waals surface area contributed by atoms with Crippen molar-refractivity contribution in [3.63, 3.8) is 0 Å². The van der Waals surface area contributed by atoms with Crippen LogP contribution in [-0.2, 0) is 9.53 Å². The highest BCUT2D eigenvalue weighted by molar-refractivity contribution is 5.81. The lowest BCUT2D eigenvalue weighted by Crippen LogP contribution is -1.90. The number of rotatable bonds is 3. The number of hydrogen-bond donors (Lipinski definition) is 0. The largest absolute Gasteiger partial charge is 0.432 e. The van der Waals surface area contributed by atoms with E-state index < -0.39 is 5.97 Å². The van der Waals surface area contributed by atoms with Gasteiger partial charge in [-0.25, -0.2) is 4.79 Å². The Bertz CT molecular complexity index is 293. The summed E-state index contributed by atoms with van der Waals surface area (Å²) < 4.78 is 4.20. The predicted molar refractivity (Wildman–Crippen MR) is 73.3 cm³/mol. The first-order valence-corrected chi connectivity index (χ1v) is 4.90. The minimum Gasteiger partial charge on any atom is -0.432 e. The first kappa shape index (κ1) is 17.1. The Labute approximate surface area is 103 Å². The van der Waals surface area contributed by atoms with Gasteiger partial charge in [0.25, 0.3) is 0 Å². The molecule has 0 spiro atoms. The van der Waals surface area contributed by atoms with Crippen molar-refractivity contribution in [3.8, 4) is 0 Å². The van der Waals surface area contributed by atoms with E-state index in [-0.39, 0.29) is 0 Å². The molecule has 0 aromatic heterocycles. The fraction of sp³-hybridized carbons (Fsp3) is 0. The first-order valence-electron chi connectivity index (χ1n) is 4.90. The van der Waals surface area contributed by atoms with Crippen LogP contribution in [0.2, 0.25) is 0 Å². The molecule has 0 atom stereocenters. The summed E-state index contributed by atoms with van der Waals surface area (Å²) in [7, 11) is 0. The number of benzene rings is 1. The summed E-state index contributed by atoms with van der Waals surface area (Å²) in [5.74, 6) is -0.477. The molecule has 0 bridgehead atoms. The molecule has 1 aromatic carbocycles. The zero-order valence-corrected chi connectivity index (χ0v) is 9.92. The third-order valence-electron chi connectivity index (χ3n) is 1.20. The van der Waals surface area contributed by atoms with E-state index >= 15 is 0 Å². The van der Waals surface area contributed by atoms with Crippen molar-refractivity contribution < 1.29 is 9.53 Å². The monoisotopic (exact) mass is 230 g/mol. The molecule has 17 heavy (non-hydrogen) atoms. The second-order valence-electron chi connectivity index (χ2n) is 2.43. The van der Waals surface area contributed by atoms with Crippen LogP contribution in [0.3, 0.4) is 0 Å². The average molecular weight is 230 g/mol. The van der Waals surface area contributed by atoms with E-state index in [1.807, 2.05) is 36.4 Å². The van der Waals surface area contributed by atoms with Crippen LogP contribution in [0.25, 0.3) is 0 Å². The zero-order valence-electron chi connectivity index (χ0n) is 9.92. The SMILES string of the molecule is C=CC=C.C=COC(=O)C=C.c1ccccc1. The number of carbonyl (C=O) groups is 1. The van der Waals surface area contributed by atoms with Crippen molar-refractivity contribution in [2.75, 3.05) is 0 Å². The van der Waals surface area contributed by atoms with Crippen molar-refractivity contribution in [2.45, 2.75) is 0 Å². The van der Waals surface area contributed by atoms with E-state index in [4.69, 9.17) is 0 Å². The van der Waals surface area contributed by atoms with E-state index in [0.29, 0.717) is 0 Å². The Morgan fingerprint density at radius 1 is 0.824 bits per heavy atom. The molecule has 0 aliphatic rings. The lowest BCUT2D eigenvalue weighted by Gasteiger charge is -1.85. The van der Waals surface area contributed by atoms with Crippen molar-refractivity contribution in [1.29, 1.82) is 0 Å². The van der Waals surface area contributed by atoms with E-state index in [0.717, 1.165) is 12.3 Å². The maximum absolute atomic E-state index is 10.0. The fourth-order valence-electron chi connectivity index (χ4n) is 0.515. The second-order valence-corrected chi connectivity index (χ2v) is 2.43. The van der Waals surface area contributed by atoms with Gasteiger partial charge in [-0.1, -0.05) is 74.9 Å². The van der Waals surface area contributed by atoms with Crippen molar-refractivity contribution in [3.05, 3.63) is 87.2 Å². The Morgan fingerprint density at radius 2 is 1.18 bits per heavy atom. The van der Waals surface area contributed by atoms with Gasteiger partial charge in [-0.3, -0.25) is 0 Å². The molecular weight excluding hydrogens is 212 g/mol. The first-order chi connectivity index (χ1) is 8.22. The summed E-state index contributed by atoms with van der Waals surface area (Å²) in [6.07, 6.45) is 5.41. The van der Waals surface area contributed by atoms with Crippen LogP contribution in [0, 0.1) is 0 Å². The quantitative estimate of drug-likeness (QED) is 0.340. The summed E-state index contributed by atoms with van der Waals surface area (Å²) >= 11 is 0. The maximum atomic E-state index is 10.0. The standard InChI is InChI=1S/C6H6.C5H6O2.C4H6/c1-2-4-6-5-3-1;1-3-5(6)7-4-2;1-3-4-2/h1-6H;3-4H,1-2H2;3-4H,1-2H2. The van der Waals surface area contributed by atoms with E-state index in [1.165, 1.54) is 0 Å². The lowest BCUT2D eigenvalue weighted by atomic mass is 10.4. The lowest BCUT2D eigenvalue weighted by molar-refractivity contribution is -0.132. The minimum atomic E-state index is -0.477. The molecule has 0 N–H and O–H groups in total. The van der Waals surface area contributed by atoms with Gasteiger partial charge in [-0.2, -0.15) is 0 Å². The number of allylic oxidation sites excluding steroid dienone is 2. The molecule has 0 amide bonds. The van der Waals surface area contributed by atoms with Gasteiger partial charge in [-0.15, -0.1) is 0 Å². The smallest absolute Gasteiger partial charge is 0.334 e. The van der Waals surface area contributed by atoms with Crippen LogP contribution in [0.5, 0.6) is 0 Å². The number of esters is 1. The summed E-state index contributed by atoms with van der Waals surface area (Å²) in [6.45, 7) is 13.0. The van der Waals surface area contributed by atoms with Gasteiger partial charge in [0, 0.05) is 6.08 Å². The van der Waals surface area contributed by atoms with Gasteiger partial charge in [0.2, 0.25) is 0 Å². The Morgan fingerprint density at radius 3 is 1.29 bits per heavy atom. The maximum Gasteiger partial charge on any atom is 0.334 e. The third-order valence-corrected chi connectivity index (χ3v) is 1.20. The highest BCUT2D eigenvalue weighted by Gasteiger charge is 1.84. The summed E-state index contributed by atoms with van der Waals surface area (Å²) in [6, 6.07) is 12.0. The molecule has 1 rings (SSSR count). The highest BCUT2D eigenvalue weighted by atomic mass is 16.5. The van der Waals surface area contributed by atoms with Crippen molar-refractivity contribution in [1.82, 2.24) is 0 Å². The zero-order chi connectivity index (χ0) is 13.4. The van der Waals surface area contributed by atoms with Crippen LogP contribution in [0.15, 0.2) is 87.2 Å². The number of hydrogen-bond acceptors (Lipinski definition) is 2. The molecule has 0 saturated heterocycles. The normalized spacial score (nSPS) is 6.82. The van der Waals surface area contributed by atoms with Gasteiger partial charge >= 0.3 is 5.97 Å². The van der Waals surface area contributed by atoms with Crippen LogP contribution < -0.4 is 0 Å². The molecule has 0 fully saturated rings. The summed E-state index contributed by atoms with van der Waals surface area (Å²) in [5.41, 5.74) is 0. The molecule has 90 valence electrons. The molecular formula is C15H18O2. The Kier molecular flexibility index (Phi) is 16.1. The summed E-state index contributed by atoms with van der Waals surface area (Å²) in [4.78, 5) is 10.0. The molecule has 1 aromatic rings. The van der Waals surface area contributed by atoms with Crippen LogP contribution in [0.4, 0.5) is 0 Å². The average Bonchev–Trinajstić information content (AvgIpc) is 2.42. The van der Waals surface area contributed by atoms with E-state index in [2.05, 4.69) is 31.1 Å². The van der Waals surface area contributed by atoms with Crippen molar-refractivity contribution in [2.24, 2.45) is 0 Å². The molecule has 0 heterocycles. The minimum absolute atomic E-state index is 0.477. The van der Waals surface area contributed by atoms with Gasteiger partial charge in [0.05, 0.1) is 6.26 Å². The molecule has 0 saturated carbocycles. The van der Waals surface area contributed by atoms with E-state index in [1.54, 1.807) is 12.2 Å². The molecule has 2 nitrogen and oxygen atoms in total. The van der Waals surface area contributed by atoms with Crippen LogP contribution in [0.1, 0.15) is 0 Å². The fourth-order valence-corrected chi connectivity index (χ4v) is 0.515. The van der Waals surface area contributed by atoms with Crippen LogP contribution in [-0.4, -0.2) is 5.97 Å². The van der Waals surface area contributed by atoms with Gasteiger partial charge in [-0.05, 0) is 0 Å². The Balaban J connectivity index is 0. The van der Waals surface area contributed by atoms with Gasteiger partial charge in [0.15, 0.2) is 0 Å². The van der Waals surface area contributed by atoms with E-state index in [9.17, 15) is 4.79 Å². The van der Waals surface area contributed by atoms with Gasteiger partial charge < -0.3 is 4.74 Å². The highest BCUT2D eigenvalue weighted by Crippen LogP contribution is 1.79. The topological polar surface area (TPSA) is 26.3 Å². The molecule has 0 aliphatic heterocycles.